The van der Waals surface area contributed by atoms with Gasteiger partial charge in [-0.3, -0.25) is 0 Å². The SMILES string of the molecule is C=C(N)C(O)Nc1ccccc1. The summed E-state index contributed by atoms with van der Waals surface area (Å²) in [7, 11) is 0. The maximum absolute atomic E-state index is 9.24. The van der Waals surface area contributed by atoms with Gasteiger partial charge in [0.2, 0.25) is 0 Å². The molecule has 3 heteroatoms. The minimum absolute atomic E-state index is 0.207. The Morgan fingerprint density at radius 3 is 2.50 bits per heavy atom. The fraction of sp³-hybridized carbons (Fsp3) is 0.111. The van der Waals surface area contributed by atoms with Crippen LogP contribution in [0.3, 0.4) is 0 Å². The fourth-order valence-electron chi connectivity index (χ4n) is 0.785. The number of benzene rings is 1. The van der Waals surface area contributed by atoms with E-state index in [-0.39, 0.29) is 5.70 Å². The van der Waals surface area contributed by atoms with Crippen LogP contribution in [0.25, 0.3) is 0 Å². The summed E-state index contributed by atoms with van der Waals surface area (Å²) in [5.41, 5.74) is 6.30. The molecule has 12 heavy (non-hydrogen) atoms. The third-order valence-electron chi connectivity index (χ3n) is 1.43. The summed E-state index contributed by atoms with van der Waals surface area (Å²) in [6, 6.07) is 9.32. The number of rotatable bonds is 3. The molecule has 0 heterocycles. The Hall–Kier alpha value is -1.48. The van der Waals surface area contributed by atoms with Gasteiger partial charge in [0.1, 0.15) is 0 Å². The van der Waals surface area contributed by atoms with Gasteiger partial charge >= 0.3 is 0 Å². The predicted molar refractivity (Wildman–Crippen MR) is 49.4 cm³/mol. The largest absolute Gasteiger partial charge is 0.399 e. The Morgan fingerprint density at radius 2 is 2.00 bits per heavy atom. The van der Waals surface area contributed by atoms with Crippen molar-refractivity contribution in [2.75, 3.05) is 5.32 Å². The molecule has 1 atom stereocenters. The highest BCUT2D eigenvalue weighted by molar-refractivity contribution is 5.44. The standard InChI is InChI=1S/C9H12N2O/c1-7(10)9(12)11-8-5-3-2-4-6-8/h2-6,9,11-12H,1,10H2. The molecule has 0 saturated heterocycles. The smallest absolute Gasteiger partial charge is 0.164 e. The lowest BCUT2D eigenvalue weighted by atomic mass is 10.3. The van der Waals surface area contributed by atoms with Crippen LogP contribution in [0.5, 0.6) is 0 Å². The molecule has 0 aliphatic carbocycles. The topological polar surface area (TPSA) is 58.3 Å². The molecule has 1 aromatic carbocycles. The van der Waals surface area contributed by atoms with Crippen molar-refractivity contribution in [2.24, 2.45) is 5.73 Å². The molecule has 0 radical (unpaired) electrons. The van der Waals surface area contributed by atoms with E-state index in [0.717, 1.165) is 5.69 Å². The average molecular weight is 164 g/mol. The normalized spacial score (nSPS) is 12.1. The molecule has 0 bridgehead atoms. The van der Waals surface area contributed by atoms with Gasteiger partial charge in [-0.1, -0.05) is 24.8 Å². The van der Waals surface area contributed by atoms with Gasteiger partial charge in [-0.15, -0.1) is 0 Å². The van der Waals surface area contributed by atoms with Gasteiger partial charge in [0.05, 0.1) is 5.70 Å². The van der Waals surface area contributed by atoms with E-state index in [1.54, 1.807) is 0 Å². The maximum atomic E-state index is 9.24. The monoisotopic (exact) mass is 164 g/mol. The Bertz CT molecular complexity index is 258. The first kappa shape index (κ1) is 8.62. The van der Waals surface area contributed by atoms with Crippen LogP contribution in [0, 0.1) is 0 Å². The number of aliphatic hydroxyl groups is 1. The molecule has 0 amide bonds. The Balaban J connectivity index is 2.58. The van der Waals surface area contributed by atoms with Gasteiger partial charge in [0.15, 0.2) is 6.23 Å². The molecule has 0 aliphatic heterocycles. The van der Waals surface area contributed by atoms with Gasteiger partial charge < -0.3 is 16.2 Å². The van der Waals surface area contributed by atoms with Crippen molar-refractivity contribution < 1.29 is 5.11 Å². The molecule has 4 N–H and O–H groups in total. The molecule has 1 unspecified atom stereocenters. The Kier molecular flexibility index (Phi) is 2.71. The number of anilines is 1. The number of nitrogens with one attached hydrogen (secondary N) is 1. The van der Waals surface area contributed by atoms with E-state index < -0.39 is 6.23 Å². The summed E-state index contributed by atoms with van der Waals surface area (Å²) in [5.74, 6) is 0. The van der Waals surface area contributed by atoms with E-state index in [2.05, 4.69) is 11.9 Å². The fourth-order valence-corrected chi connectivity index (χ4v) is 0.785. The van der Waals surface area contributed by atoms with Crippen LogP contribution in [-0.4, -0.2) is 11.3 Å². The summed E-state index contributed by atoms with van der Waals surface area (Å²) in [5, 5.41) is 12.0. The summed E-state index contributed by atoms with van der Waals surface area (Å²) in [6.07, 6.45) is -0.882. The lowest BCUT2D eigenvalue weighted by Gasteiger charge is -2.12. The van der Waals surface area contributed by atoms with Crippen molar-refractivity contribution in [2.45, 2.75) is 6.23 Å². The van der Waals surface area contributed by atoms with Crippen molar-refractivity contribution in [1.82, 2.24) is 0 Å². The minimum Gasteiger partial charge on any atom is -0.399 e. The quantitative estimate of drug-likeness (QED) is 0.581. The van der Waals surface area contributed by atoms with Crippen LogP contribution in [0.1, 0.15) is 0 Å². The predicted octanol–water partition coefficient (Wildman–Crippen LogP) is 0.889. The van der Waals surface area contributed by atoms with Gasteiger partial charge in [0, 0.05) is 5.69 Å². The van der Waals surface area contributed by atoms with E-state index in [0.29, 0.717) is 0 Å². The Labute approximate surface area is 71.5 Å². The van der Waals surface area contributed by atoms with E-state index in [1.165, 1.54) is 0 Å². The van der Waals surface area contributed by atoms with Crippen molar-refractivity contribution >= 4 is 5.69 Å². The summed E-state index contributed by atoms with van der Waals surface area (Å²) in [6.45, 7) is 3.42. The van der Waals surface area contributed by atoms with Crippen molar-refractivity contribution in [3.8, 4) is 0 Å². The molecule has 1 aromatic rings. The highest BCUT2D eigenvalue weighted by Gasteiger charge is 2.02. The number of hydrogen-bond donors (Lipinski definition) is 3. The van der Waals surface area contributed by atoms with Gasteiger partial charge in [-0.25, -0.2) is 0 Å². The first-order chi connectivity index (χ1) is 5.70. The third kappa shape index (κ3) is 2.29. The van der Waals surface area contributed by atoms with Gasteiger partial charge in [-0.2, -0.15) is 0 Å². The van der Waals surface area contributed by atoms with Crippen molar-refractivity contribution in [3.05, 3.63) is 42.6 Å². The molecule has 64 valence electrons. The van der Waals surface area contributed by atoms with E-state index in [1.807, 2.05) is 30.3 Å². The summed E-state index contributed by atoms with van der Waals surface area (Å²) >= 11 is 0. The van der Waals surface area contributed by atoms with E-state index >= 15 is 0 Å². The second-order valence-electron chi connectivity index (χ2n) is 2.49. The van der Waals surface area contributed by atoms with E-state index in [9.17, 15) is 5.11 Å². The first-order valence-corrected chi connectivity index (χ1v) is 3.64. The Morgan fingerprint density at radius 1 is 1.42 bits per heavy atom. The second kappa shape index (κ2) is 3.78. The molecule has 1 rings (SSSR count). The lowest BCUT2D eigenvalue weighted by molar-refractivity contribution is 0.238. The molecular weight excluding hydrogens is 152 g/mol. The lowest BCUT2D eigenvalue weighted by Crippen LogP contribution is -2.25. The van der Waals surface area contributed by atoms with Crippen LogP contribution in [0.4, 0.5) is 5.69 Å². The number of para-hydroxylation sites is 1. The molecule has 0 saturated carbocycles. The highest BCUT2D eigenvalue weighted by Crippen LogP contribution is 2.07. The molecule has 3 nitrogen and oxygen atoms in total. The second-order valence-corrected chi connectivity index (χ2v) is 2.49. The van der Waals surface area contributed by atoms with Crippen LogP contribution >= 0.6 is 0 Å². The molecule has 0 aliphatic rings. The maximum Gasteiger partial charge on any atom is 0.164 e. The minimum atomic E-state index is -0.882. The van der Waals surface area contributed by atoms with E-state index in [4.69, 9.17) is 5.73 Å². The van der Waals surface area contributed by atoms with Crippen LogP contribution in [0.2, 0.25) is 0 Å². The van der Waals surface area contributed by atoms with Crippen LogP contribution in [0.15, 0.2) is 42.6 Å². The summed E-state index contributed by atoms with van der Waals surface area (Å²) in [4.78, 5) is 0. The molecule has 0 fully saturated rings. The highest BCUT2D eigenvalue weighted by atomic mass is 16.3. The number of aliphatic hydroxyl groups excluding tert-OH is 1. The summed E-state index contributed by atoms with van der Waals surface area (Å²) < 4.78 is 0. The molecule has 0 aromatic heterocycles. The third-order valence-corrected chi connectivity index (χ3v) is 1.43. The van der Waals surface area contributed by atoms with Gasteiger partial charge in [-0.05, 0) is 12.1 Å². The van der Waals surface area contributed by atoms with Crippen molar-refractivity contribution in [3.63, 3.8) is 0 Å². The number of nitrogens with two attached hydrogens (primary N) is 1. The zero-order valence-electron chi connectivity index (χ0n) is 6.70. The zero-order valence-corrected chi connectivity index (χ0v) is 6.70. The van der Waals surface area contributed by atoms with Crippen molar-refractivity contribution in [1.29, 1.82) is 0 Å². The average Bonchev–Trinajstić information content (AvgIpc) is 2.06. The molecular formula is C9H12N2O. The zero-order chi connectivity index (χ0) is 8.97. The first-order valence-electron chi connectivity index (χ1n) is 3.64. The van der Waals surface area contributed by atoms with Crippen LogP contribution in [-0.2, 0) is 0 Å². The van der Waals surface area contributed by atoms with Crippen LogP contribution < -0.4 is 11.1 Å². The molecule has 0 spiro atoms. The van der Waals surface area contributed by atoms with Gasteiger partial charge in [0.25, 0.3) is 0 Å². The number of hydrogen-bond acceptors (Lipinski definition) is 3.